The summed E-state index contributed by atoms with van der Waals surface area (Å²) in [6.07, 6.45) is 0. The quantitative estimate of drug-likeness (QED) is 0.561. The summed E-state index contributed by atoms with van der Waals surface area (Å²) < 4.78 is 0. The van der Waals surface area contributed by atoms with Crippen molar-refractivity contribution in [1.82, 2.24) is 10.2 Å². The predicted octanol–water partition coefficient (Wildman–Crippen LogP) is -0.635. The number of piperazine rings is 1. The summed E-state index contributed by atoms with van der Waals surface area (Å²) >= 11 is 0. The molecular weight excluding hydrogens is 144 g/mol. The van der Waals surface area contributed by atoms with E-state index in [4.69, 9.17) is 5.11 Å². The zero-order valence-corrected chi connectivity index (χ0v) is 6.71. The van der Waals surface area contributed by atoms with Crippen LogP contribution < -0.4 is 5.32 Å². The molecule has 0 aromatic heterocycles. The van der Waals surface area contributed by atoms with Crippen molar-refractivity contribution in [3.63, 3.8) is 0 Å². The summed E-state index contributed by atoms with van der Waals surface area (Å²) in [6, 6.07) is -0.325. The van der Waals surface area contributed by atoms with Crippen LogP contribution in [0.3, 0.4) is 0 Å². The molecule has 1 heterocycles. The summed E-state index contributed by atoms with van der Waals surface area (Å²) in [4.78, 5) is 12.6. The molecule has 2 N–H and O–H groups in total. The van der Waals surface area contributed by atoms with E-state index in [1.165, 1.54) is 0 Å². The SMILES string of the molecule is CCN1CCNC[C@H]1C(=O)O. The van der Waals surface area contributed by atoms with Gasteiger partial charge in [-0.25, -0.2) is 0 Å². The zero-order chi connectivity index (χ0) is 8.27. The third kappa shape index (κ3) is 1.91. The van der Waals surface area contributed by atoms with Gasteiger partial charge < -0.3 is 10.4 Å². The maximum absolute atomic E-state index is 10.6. The summed E-state index contributed by atoms with van der Waals surface area (Å²) in [5.74, 6) is -0.723. The maximum Gasteiger partial charge on any atom is 0.322 e. The first-order valence-corrected chi connectivity index (χ1v) is 3.93. The second kappa shape index (κ2) is 3.69. The second-order valence-corrected chi connectivity index (χ2v) is 2.69. The van der Waals surface area contributed by atoms with Gasteiger partial charge in [0.15, 0.2) is 0 Å². The van der Waals surface area contributed by atoms with Crippen molar-refractivity contribution < 1.29 is 9.90 Å². The molecule has 0 amide bonds. The first-order valence-electron chi connectivity index (χ1n) is 3.93. The Kier molecular flexibility index (Phi) is 2.84. The number of nitrogens with one attached hydrogen (secondary N) is 1. The van der Waals surface area contributed by atoms with Gasteiger partial charge in [0.05, 0.1) is 0 Å². The van der Waals surface area contributed by atoms with Gasteiger partial charge >= 0.3 is 5.97 Å². The Morgan fingerprint density at radius 3 is 3.00 bits per heavy atom. The molecule has 0 aliphatic carbocycles. The molecule has 1 fully saturated rings. The van der Waals surface area contributed by atoms with E-state index in [2.05, 4.69) is 5.32 Å². The van der Waals surface area contributed by atoms with Gasteiger partial charge in [-0.15, -0.1) is 0 Å². The lowest BCUT2D eigenvalue weighted by Gasteiger charge is -2.32. The Morgan fingerprint density at radius 1 is 1.82 bits per heavy atom. The Morgan fingerprint density at radius 2 is 2.55 bits per heavy atom. The fraction of sp³-hybridized carbons (Fsp3) is 0.857. The van der Waals surface area contributed by atoms with Crippen molar-refractivity contribution in [3.05, 3.63) is 0 Å². The topological polar surface area (TPSA) is 52.6 Å². The lowest BCUT2D eigenvalue weighted by Crippen LogP contribution is -2.54. The molecule has 64 valence electrons. The van der Waals surface area contributed by atoms with E-state index < -0.39 is 5.97 Å². The van der Waals surface area contributed by atoms with Crippen LogP contribution in [0, 0.1) is 0 Å². The Balaban J connectivity index is 2.51. The molecule has 0 unspecified atom stereocenters. The molecule has 0 saturated carbocycles. The summed E-state index contributed by atoms with van der Waals surface area (Å²) in [5, 5.41) is 11.8. The number of rotatable bonds is 2. The molecule has 0 aromatic carbocycles. The number of hydrogen-bond donors (Lipinski definition) is 2. The number of carbonyl (C=O) groups is 1. The fourth-order valence-electron chi connectivity index (χ4n) is 1.37. The van der Waals surface area contributed by atoms with Crippen molar-refractivity contribution in [1.29, 1.82) is 0 Å². The Labute approximate surface area is 66.2 Å². The van der Waals surface area contributed by atoms with Gasteiger partial charge in [0.1, 0.15) is 6.04 Å². The molecule has 1 aliphatic rings. The van der Waals surface area contributed by atoms with Gasteiger partial charge in [-0.05, 0) is 6.54 Å². The second-order valence-electron chi connectivity index (χ2n) is 2.69. The van der Waals surface area contributed by atoms with E-state index in [0.29, 0.717) is 6.54 Å². The Hall–Kier alpha value is -0.610. The number of carboxylic acids is 1. The molecular formula is C7H14N2O2. The van der Waals surface area contributed by atoms with Crippen LogP contribution in [0.15, 0.2) is 0 Å². The van der Waals surface area contributed by atoms with Gasteiger partial charge in [0.25, 0.3) is 0 Å². The average Bonchev–Trinajstić information content (AvgIpc) is 2.04. The summed E-state index contributed by atoms with van der Waals surface area (Å²) in [7, 11) is 0. The largest absolute Gasteiger partial charge is 0.480 e. The lowest BCUT2D eigenvalue weighted by molar-refractivity contribution is -0.143. The Bertz CT molecular complexity index is 149. The molecule has 1 aliphatic heterocycles. The van der Waals surface area contributed by atoms with Crippen LogP contribution in [0.5, 0.6) is 0 Å². The highest BCUT2D eigenvalue weighted by Gasteiger charge is 2.26. The number of nitrogens with zero attached hydrogens (tertiary/aromatic N) is 1. The van der Waals surface area contributed by atoms with E-state index in [0.717, 1.165) is 19.6 Å². The van der Waals surface area contributed by atoms with E-state index in [-0.39, 0.29) is 6.04 Å². The first-order chi connectivity index (χ1) is 5.25. The third-order valence-corrected chi connectivity index (χ3v) is 2.05. The standard InChI is InChI=1S/C7H14N2O2/c1-2-9-4-3-8-5-6(9)7(10)11/h6,8H,2-5H2,1H3,(H,10,11)/t6-/m0/s1. The number of likely N-dealkylation sites (N-methyl/N-ethyl adjacent to an activating group) is 1. The van der Waals surface area contributed by atoms with E-state index in [9.17, 15) is 4.79 Å². The number of hydrogen-bond acceptors (Lipinski definition) is 3. The molecule has 1 atom stereocenters. The van der Waals surface area contributed by atoms with Gasteiger partial charge in [0, 0.05) is 19.6 Å². The maximum atomic E-state index is 10.6. The van der Waals surface area contributed by atoms with E-state index in [1.54, 1.807) is 0 Å². The molecule has 0 bridgehead atoms. The molecule has 11 heavy (non-hydrogen) atoms. The monoisotopic (exact) mass is 158 g/mol. The zero-order valence-electron chi connectivity index (χ0n) is 6.71. The minimum absolute atomic E-state index is 0.325. The molecule has 4 nitrogen and oxygen atoms in total. The van der Waals surface area contributed by atoms with Gasteiger partial charge in [-0.3, -0.25) is 9.69 Å². The smallest absolute Gasteiger partial charge is 0.322 e. The highest BCUT2D eigenvalue weighted by Crippen LogP contribution is 2.01. The van der Waals surface area contributed by atoms with Crippen molar-refractivity contribution in [2.75, 3.05) is 26.2 Å². The normalized spacial score (nSPS) is 26.8. The third-order valence-electron chi connectivity index (χ3n) is 2.05. The number of aliphatic carboxylic acids is 1. The van der Waals surface area contributed by atoms with Gasteiger partial charge in [0.2, 0.25) is 0 Å². The summed E-state index contributed by atoms with van der Waals surface area (Å²) in [5.41, 5.74) is 0. The number of carboxylic acid groups (broad SMARTS) is 1. The van der Waals surface area contributed by atoms with Crippen LogP contribution >= 0.6 is 0 Å². The van der Waals surface area contributed by atoms with Crippen LogP contribution in [0.1, 0.15) is 6.92 Å². The molecule has 1 rings (SSSR count). The van der Waals surface area contributed by atoms with Crippen LogP contribution in [0.25, 0.3) is 0 Å². The first kappa shape index (κ1) is 8.49. The molecule has 1 saturated heterocycles. The van der Waals surface area contributed by atoms with Crippen molar-refractivity contribution in [3.8, 4) is 0 Å². The van der Waals surface area contributed by atoms with Gasteiger partial charge in [-0.2, -0.15) is 0 Å². The van der Waals surface area contributed by atoms with Crippen molar-refractivity contribution >= 4 is 5.97 Å². The molecule has 4 heteroatoms. The predicted molar refractivity (Wildman–Crippen MR) is 41.5 cm³/mol. The molecule has 0 radical (unpaired) electrons. The van der Waals surface area contributed by atoms with Crippen LogP contribution in [-0.4, -0.2) is 48.2 Å². The van der Waals surface area contributed by atoms with Crippen LogP contribution in [-0.2, 0) is 4.79 Å². The lowest BCUT2D eigenvalue weighted by atomic mass is 10.2. The van der Waals surface area contributed by atoms with E-state index in [1.807, 2.05) is 11.8 Å². The highest BCUT2D eigenvalue weighted by molar-refractivity contribution is 5.73. The van der Waals surface area contributed by atoms with Crippen LogP contribution in [0.4, 0.5) is 0 Å². The fourth-order valence-corrected chi connectivity index (χ4v) is 1.37. The van der Waals surface area contributed by atoms with Crippen LogP contribution in [0.2, 0.25) is 0 Å². The molecule has 0 aromatic rings. The molecule has 0 spiro atoms. The summed E-state index contributed by atoms with van der Waals surface area (Å²) in [6.45, 7) is 5.12. The minimum Gasteiger partial charge on any atom is -0.480 e. The average molecular weight is 158 g/mol. The van der Waals surface area contributed by atoms with Crippen molar-refractivity contribution in [2.45, 2.75) is 13.0 Å². The highest BCUT2D eigenvalue weighted by atomic mass is 16.4. The van der Waals surface area contributed by atoms with Crippen molar-refractivity contribution in [2.24, 2.45) is 0 Å². The van der Waals surface area contributed by atoms with Gasteiger partial charge in [-0.1, -0.05) is 6.92 Å². The van der Waals surface area contributed by atoms with E-state index >= 15 is 0 Å². The minimum atomic E-state index is -0.723.